The Morgan fingerprint density at radius 1 is 0.600 bits per heavy atom. The van der Waals surface area contributed by atoms with Gasteiger partial charge in [-0.3, -0.25) is 28.8 Å². The highest BCUT2D eigenvalue weighted by Gasteiger charge is 2.18. The number of H-pyrrole nitrogens is 1. The van der Waals surface area contributed by atoms with Crippen LogP contribution < -0.4 is 36.4 Å². The number of halogens is 1. The number of carbonyl (C=O) groups is 8. The van der Waals surface area contributed by atoms with Crippen LogP contribution in [0.5, 0.6) is 17.2 Å². The van der Waals surface area contributed by atoms with Crippen molar-refractivity contribution in [3.05, 3.63) is 141 Å². The lowest BCUT2D eigenvalue weighted by Gasteiger charge is -2.10. The first kappa shape index (κ1) is 84.4. The summed E-state index contributed by atoms with van der Waals surface area (Å²) in [6.07, 6.45) is 0. The van der Waals surface area contributed by atoms with E-state index in [2.05, 4.69) is 70.5 Å². The van der Waals surface area contributed by atoms with E-state index in [1.165, 1.54) is 55.0 Å². The maximum Gasteiger partial charge on any atom is 0.396 e. The molecule has 5 heterocycles. The number of aromatic carboxylic acids is 1. The number of alkyl halides is 1. The third-order valence-corrected chi connectivity index (χ3v) is 16.3. The van der Waals surface area contributed by atoms with E-state index >= 15 is 0 Å². The van der Waals surface area contributed by atoms with Gasteiger partial charge in [-0.25, -0.2) is 34.3 Å². The molecule has 8 rings (SSSR count). The number of thiazole rings is 4. The predicted octanol–water partition coefficient (Wildman–Crippen LogP) is 14.7. The molecule has 0 bridgehead atoms. The van der Waals surface area contributed by atoms with Gasteiger partial charge in [0.2, 0.25) is 10.0 Å². The molecule has 5 aromatic heterocycles. The molecule has 7 N–H and O–H groups in total. The van der Waals surface area contributed by atoms with Crippen LogP contribution in [0.15, 0.2) is 87.0 Å². The van der Waals surface area contributed by atoms with E-state index in [0.717, 1.165) is 44.7 Å². The average Bonchev–Trinajstić information content (AvgIpc) is 1.75. The number of carboxylic acid groups (broad SMARTS) is 1. The summed E-state index contributed by atoms with van der Waals surface area (Å²) in [4.78, 5) is 119. The van der Waals surface area contributed by atoms with Crippen LogP contribution >= 0.6 is 61.3 Å². The molecule has 2 amide bonds. The van der Waals surface area contributed by atoms with E-state index in [-0.39, 0.29) is 65.5 Å². The van der Waals surface area contributed by atoms with Crippen molar-refractivity contribution in [3.8, 4) is 28.0 Å². The van der Waals surface area contributed by atoms with Crippen molar-refractivity contribution in [2.24, 2.45) is 11.7 Å². The number of aromatic nitrogens is 5. The number of carboxylic acids is 1. The summed E-state index contributed by atoms with van der Waals surface area (Å²) in [7, 11) is 4.70. The molecule has 23 nitrogen and oxygen atoms in total. The van der Waals surface area contributed by atoms with Crippen LogP contribution in [0.1, 0.15) is 201 Å². The van der Waals surface area contributed by atoms with Gasteiger partial charge in [-0.1, -0.05) is 92.6 Å². The second kappa shape index (κ2) is 42.7. The van der Waals surface area contributed by atoms with Crippen molar-refractivity contribution in [2.45, 2.75) is 128 Å². The fraction of sp³-hybridized carbons (Fsp3) is 0.388. The van der Waals surface area contributed by atoms with Gasteiger partial charge in [-0.2, -0.15) is 0 Å². The van der Waals surface area contributed by atoms with Crippen molar-refractivity contribution in [1.82, 2.24) is 24.9 Å². The molecule has 3 aromatic carbocycles. The zero-order chi connectivity index (χ0) is 71.1. The normalized spacial score (nSPS) is 10.2. The van der Waals surface area contributed by atoms with Crippen molar-refractivity contribution in [1.29, 1.82) is 0 Å². The molecule has 8 aromatic rings. The summed E-state index contributed by atoms with van der Waals surface area (Å²) in [5, 5.41) is 21.8. The highest BCUT2D eigenvalue weighted by atomic mass is 79.9. The highest BCUT2D eigenvalue weighted by molar-refractivity contribution is 9.09. The average molecular weight is 1450 g/mol. The van der Waals surface area contributed by atoms with Crippen LogP contribution in [0.25, 0.3) is 21.6 Å². The lowest BCUT2D eigenvalue weighted by Crippen LogP contribution is -2.25. The quantitative estimate of drug-likeness (QED) is 0.0175. The van der Waals surface area contributed by atoms with Crippen LogP contribution in [-0.2, 0) is 23.9 Å². The number of rotatable bonds is 18. The van der Waals surface area contributed by atoms with Crippen molar-refractivity contribution in [3.63, 3.8) is 0 Å². The minimum absolute atomic E-state index is 0. The van der Waals surface area contributed by atoms with E-state index in [1.807, 2.05) is 77.6 Å². The highest BCUT2D eigenvalue weighted by Crippen LogP contribution is 2.29. The molecule has 95 heavy (non-hydrogen) atoms. The molecule has 0 fully saturated rings. The van der Waals surface area contributed by atoms with E-state index in [4.69, 9.17) is 29.8 Å². The summed E-state index contributed by atoms with van der Waals surface area (Å²) >= 11 is 8.42. The fourth-order valence-electron chi connectivity index (χ4n) is 6.87. The molecular formula is C67H87BrN8O15S4. The van der Waals surface area contributed by atoms with E-state index in [0.29, 0.717) is 79.1 Å². The lowest BCUT2D eigenvalue weighted by atomic mass is 10.1. The monoisotopic (exact) mass is 1450 g/mol. The number of anilines is 2. The number of amides is 2. The van der Waals surface area contributed by atoms with Crippen LogP contribution in [-0.4, -0.2) is 117 Å². The Kier molecular flexibility index (Phi) is 37.9. The number of Topliss-reactive ketones (excluding diaryl/α,β-unsaturated/α-hetero) is 3. The summed E-state index contributed by atoms with van der Waals surface area (Å²) < 4.78 is 24.3. The molecule has 0 saturated heterocycles. The van der Waals surface area contributed by atoms with Crippen LogP contribution in [0.2, 0.25) is 0 Å². The van der Waals surface area contributed by atoms with Gasteiger partial charge >= 0.3 is 23.8 Å². The minimum atomic E-state index is -1.05. The van der Waals surface area contributed by atoms with Gasteiger partial charge in [0.1, 0.15) is 28.0 Å². The third kappa shape index (κ3) is 28.5. The summed E-state index contributed by atoms with van der Waals surface area (Å²) in [5.74, 6) is -0.0663. The molecule has 0 aliphatic carbocycles. The van der Waals surface area contributed by atoms with E-state index < -0.39 is 17.8 Å². The number of benzene rings is 3. The molecule has 0 unspecified atom stereocenters. The number of nitrogens with two attached hydrogens (primary N) is 2. The number of fused-ring (bicyclic) bond motifs is 1. The molecule has 0 aliphatic rings. The lowest BCUT2D eigenvalue weighted by molar-refractivity contribution is -0.153. The van der Waals surface area contributed by atoms with Crippen molar-refractivity contribution in [2.75, 3.05) is 50.9 Å². The van der Waals surface area contributed by atoms with E-state index in [9.17, 15) is 43.2 Å². The molecule has 0 atom stereocenters. The Bertz CT molecular complexity index is 3870. The van der Waals surface area contributed by atoms with Crippen LogP contribution in [0.3, 0.4) is 0 Å². The standard InChI is InChI=1S/C16H18N2O3S.C16H16N2O2S.C9H13NO2S.C9H11NO2.C7H9NO2S.C5H9BrO.C4H7NO3.CH4/c1-9(2)14-8-22-16(18-14)15(20)17-13-7-11(21-4)5-6-12(13)10(3)19;1-9(2)14-8-21-16(18-14)13-7-15(19)11-5-4-10(20-3)6-12(11)17-13;1-4-12-9(11)8-10-7(5-13-8)6(2)3;1-6(11)8-4-3-7(12-2)5-9(8)10;1-4(2)5-3-11-6(8-5)7(9)10;1-4(2)5(7)3-6;1-2-8-4(7)3(5)6;/h5-9H,1-4H3,(H,17,20);4-9H,1-3H3,(H,17,19);5-6H,4H2,1-3H3;3-5H,10H2,1-2H3;3-4H,1-2H3,(H,9,10);4H,3H2,1-2H3;2H2,1H3,(H2,5,6);1H4. The summed E-state index contributed by atoms with van der Waals surface area (Å²) in [5.41, 5.74) is 17.2. The number of methoxy groups -OCH3 is 3. The zero-order valence-corrected chi connectivity index (χ0v) is 60.6. The van der Waals surface area contributed by atoms with E-state index in [1.54, 1.807) is 99.4 Å². The number of pyridine rings is 1. The number of hydrogen-bond donors (Lipinski definition) is 5. The molecule has 0 saturated carbocycles. The smallest absolute Gasteiger partial charge is 0.396 e. The Hall–Kier alpha value is -8.57. The second-order valence-electron chi connectivity index (χ2n) is 21.2. The maximum absolute atomic E-state index is 12.3. The Labute approximate surface area is 578 Å². The van der Waals surface area contributed by atoms with Gasteiger partial charge in [0.05, 0.1) is 79.5 Å². The topological polar surface area (TPSA) is 351 Å². The fourth-order valence-corrected chi connectivity index (χ4v) is 11.0. The van der Waals surface area contributed by atoms with Gasteiger partial charge in [0.15, 0.2) is 22.0 Å². The Morgan fingerprint density at radius 3 is 1.44 bits per heavy atom. The van der Waals surface area contributed by atoms with Gasteiger partial charge < -0.3 is 50.6 Å². The minimum Gasteiger partial charge on any atom is -0.497 e. The third-order valence-electron chi connectivity index (χ3n) is 12.3. The van der Waals surface area contributed by atoms with Gasteiger partial charge in [-0.15, -0.1) is 45.3 Å². The first-order valence-electron chi connectivity index (χ1n) is 29.2. The number of nitrogens with zero attached hydrogens (tertiary/aromatic N) is 4. The van der Waals surface area contributed by atoms with Gasteiger partial charge in [0.25, 0.3) is 5.91 Å². The molecule has 0 radical (unpaired) electrons. The van der Waals surface area contributed by atoms with Gasteiger partial charge in [0, 0.05) is 73.9 Å². The molecule has 28 heteroatoms. The number of hydrogen-bond acceptors (Lipinski definition) is 23. The first-order chi connectivity index (χ1) is 44.3. The summed E-state index contributed by atoms with van der Waals surface area (Å²) in [6, 6.07) is 17.0. The number of nitrogens with one attached hydrogen (secondary N) is 2. The van der Waals surface area contributed by atoms with Crippen molar-refractivity contribution < 1.29 is 67.1 Å². The predicted molar refractivity (Wildman–Crippen MR) is 382 cm³/mol. The number of ether oxygens (including phenoxy) is 5. The Morgan fingerprint density at radius 2 is 1.04 bits per heavy atom. The first-order valence-corrected chi connectivity index (χ1v) is 33.8. The zero-order valence-electron chi connectivity index (χ0n) is 55.7. The molecule has 516 valence electrons. The van der Waals surface area contributed by atoms with Crippen LogP contribution in [0, 0.1) is 5.92 Å². The van der Waals surface area contributed by atoms with Crippen molar-refractivity contribution >= 4 is 131 Å². The molecule has 0 aliphatic heterocycles. The number of esters is 2. The number of carbonyl (C=O) groups excluding carboxylic acids is 7. The largest absolute Gasteiger partial charge is 0.497 e. The maximum atomic E-state index is 12.3. The van der Waals surface area contributed by atoms with Crippen LogP contribution in [0.4, 0.5) is 11.4 Å². The SMILES string of the molecule is C.CC(C)C(=O)CBr.CC(C)c1csc(C(=O)O)n1.CCOC(=O)C(N)=O.CCOC(=O)c1nc(C(C)C)cs1.COc1ccc(C(C)=O)c(N)c1.COc1ccc(C(C)=O)c(NC(=O)c2nc(C(C)C)cs2)c1.COc1ccc2c(=O)cc(-c3nc(C(C)C)cs3)[nH]c2c1. The number of primary amides is 1. The van der Waals surface area contributed by atoms with Gasteiger partial charge in [-0.05, 0) is 87.8 Å². The molecular weight excluding hydrogens is 1360 g/mol. The number of nitrogen functional groups attached to an aromatic ring is 1. The Balaban J connectivity index is 0.000000574. The molecule has 0 spiro atoms. The summed E-state index contributed by atoms with van der Waals surface area (Å²) in [6.45, 7) is 27.0. The second-order valence-corrected chi connectivity index (χ2v) is 25.2. The number of aromatic amines is 1. The number of ketones is 3.